The summed E-state index contributed by atoms with van der Waals surface area (Å²) in [6, 6.07) is 9.19. The lowest BCUT2D eigenvalue weighted by Crippen LogP contribution is -2.34. The van der Waals surface area contributed by atoms with Gasteiger partial charge in [-0.05, 0) is 31.4 Å². The van der Waals surface area contributed by atoms with Crippen molar-refractivity contribution in [3.05, 3.63) is 35.9 Å². The fraction of sp³-hybridized carbons (Fsp3) is 0.500. The molecule has 4 heteroatoms. The lowest BCUT2D eigenvalue weighted by molar-refractivity contribution is -0.129. The highest BCUT2D eigenvalue weighted by molar-refractivity contribution is 5.94. The topological polar surface area (TPSA) is 49.4 Å². The Kier molecular flexibility index (Phi) is 6.77. The maximum Gasteiger partial charge on any atom is 0.251 e. The monoisotopic (exact) mass is 276 g/mol. The molecule has 0 aliphatic carbocycles. The Morgan fingerprint density at radius 1 is 1.25 bits per heavy atom. The molecular formula is C16H24N2O2. The summed E-state index contributed by atoms with van der Waals surface area (Å²) in [5, 5.41) is 2.91. The van der Waals surface area contributed by atoms with Crippen molar-refractivity contribution in [3.8, 4) is 0 Å². The molecule has 0 aliphatic rings. The van der Waals surface area contributed by atoms with Gasteiger partial charge in [-0.15, -0.1) is 0 Å². The SMILES string of the molecule is CCN(CC(C)CCNC(=O)c1ccccc1)C(C)=O. The highest BCUT2D eigenvalue weighted by atomic mass is 16.2. The van der Waals surface area contributed by atoms with Gasteiger partial charge in [-0.1, -0.05) is 25.1 Å². The second-order valence-electron chi connectivity index (χ2n) is 5.07. The molecule has 1 aromatic carbocycles. The summed E-state index contributed by atoms with van der Waals surface area (Å²) in [4.78, 5) is 25.0. The number of benzene rings is 1. The van der Waals surface area contributed by atoms with Crippen LogP contribution in [0.1, 0.15) is 37.6 Å². The van der Waals surface area contributed by atoms with Gasteiger partial charge in [-0.3, -0.25) is 9.59 Å². The van der Waals surface area contributed by atoms with Crippen LogP contribution in [0.3, 0.4) is 0 Å². The van der Waals surface area contributed by atoms with Crippen molar-refractivity contribution in [3.63, 3.8) is 0 Å². The fourth-order valence-electron chi connectivity index (χ4n) is 2.07. The van der Waals surface area contributed by atoms with Gasteiger partial charge < -0.3 is 10.2 Å². The number of carbonyl (C=O) groups is 2. The van der Waals surface area contributed by atoms with Gasteiger partial charge in [0, 0.05) is 32.1 Å². The first-order valence-electron chi connectivity index (χ1n) is 7.13. The normalized spacial score (nSPS) is 11.8. The van der Waals surface area contributed by atoms with Crippen LogP contribution < -0.4 is 5.32 Å². The maximum absolute atomic E-state index is 11.8. The largest absolute Gasteiger partial charge is 0.352 e. The molecule has 1 aromatic rings. The van der Waals surface area contributed by atoms with Crippen LogP contribution in [0.15, 0.2) is 30.3 Å². The van der Waals surface area contributed by atoms with E-state index in [1.165, 1.54) is 0 Å². The number of hydrogen-bond acceptors (Lipinski definition) is 2. The van der Waals surface area contributed by atoms with Gasteiger partial charge in [-0.2, -0.15) is 0 Å². The van der Waals surface area contributed by atoms with Crippen LogP contribution >= 0.6 is 0 Å². The summed E-state index contributed by atoms with van der Waals surface area (Å²) < 4.78 is 0. The van der Waals surface area contributed by atoms with E-state index < -0.39 is 0 Å². The van der Waals surface area contributed by atoms with Crippen LogP contribution in [-0.2, 0) is 4.79 Å². The van der Waals surface area contributed by atoms with Crippen LogP contribution in [0.2, 0.25) is 0 Å². The second kappa shape index (κ2) is 8.35. The Labute approximate surface area is 121 Å². The molecule has 0 saturated heterocycles. The molecule has 110 valence electrons. The highest BCUT2D eigenvalue weighted by Crippen LogP contribution is 2.05. The minimum atomic E-state index is -0.0447. The number of nitrogens with zero attached hydrogens (tertiary/aromatic N) is 1. The van der Waals surface area contributed by atoms with Crippen LogP contribution in [0.5, 0.6) is 0 Å². The Bertz CT molecular complexity index is 431. The summed E-state index contributed by atoms with van der Waals surface area (Å²) in [7, 11) is 0. The van der Waals surface area contributed by atoms with Gasteiger partial charge in [0.05, 0.1) is 0 Å². The first-order valence-corrected chi connectivity index (χ1v) is 7.13. The Hall–Kier alpha value is -1.84. The molecule has 0 aromatic heterocycles. The zero-order valence-electron chi connectivity index (χ0n) is 12.6. The molecular weight excluding hydrogens is 252 g/mol. The molecule has 1 N–H and O–H groups in total. The van der Waals surface area contributed by atoms with E-state index in [4.69, 9.17) is 0 Å². The van der Waals surface area contributed by atoms with Gasteiger partial charge in [0.15, 0.2) is 0 Å². The van der Waals surface area contributed by atoms with E-state index in [0.29, 0.717) is 18.0 Å². The molecule has 0 spiro atoms. The number of rotatable bonds is 7. The summed E-state index contributed by atoms with van der Waals surface area (Å²) in [5.74, 6) is 0.430. The molecule has 4 nitrogen and oxygen atoms in total. The van der Waals surface area contributed by atoms with E-state index in [2.05, 4.69) is 12.2 Å². The average Bonchev–Trinajstić information content (AvgIpc) is 2.45. The van der Waals surface area contributed by atoms with Crippen LogP contribution in [0.25, 0.3) is 0 Å². The van der Waals surface area contributed by atoms with E-state index in [9.17, 15) is 9.59 Å². The van der Waals surface area contributed by atoms with Gasteiger partial charge in [0.1, 0.15) is 0 Å². The zero-order valence-corrected chi connectivity index (χ0v) is 12.6. The predicted molar refractivity (Wildman–Crippen MR) is 80.5 cm³/mol. The molecule has 0 radical (unpaired) electrons. The summed E-state index contributed by atoms with van der Waals surface area (Å²) >= 11 is 0. The first-order chi connectivity index (χ1) is 9.54. The Morgan fingerprint density at radius 3 is 2.45 bits per heavy atom. The van der Waals surface area contributed by atoms with Gasteiger partial charge in [0.25, 0.3) is 5.91 Å². The van der Waals surface area contributed by atoms with Crippen molar-refractivity contribution >= 4 is 11.8 Å². The van der Waals surface area contributed by atoms with Gasteiger partial charge >= 0.3 is 0 Å². The number of hydrogen-bond donors (Lipinski definition) is 1. The van der Waals surface area contributed by atoms with Crippen molar-refractivity contribution in [2.75, 3.05) is 19.6 Å². The third-order valence-electron chi connectivity index (χ3n) is 3.32. The van der Waals surface area contributed by atoms with Crippen molar-refractivity contribution < 1.29 is 9.59 Å². The molecule has 1 unspecified atom stereocenters. The van der Waals surface area contributed by atoms with Crippen molar-refractivity contribution in [1.82, 2.24) is 10.2 Å². The lowest BCUT2D eigenvalue weighted by atomic mass is 10.1. The molecule has 0 saturated carbocycles. The summed E-state index contributed by atoms with van der Waals surface area (Å²) in [5.41, 5.74) is 0.680. The molecule has 1 rings (SSSR count). The summed E-state index contributed by atoms with van der Waals surface area (Å²) in [6.45, 7) is 7.77. The van der Waals surface area contributed by atoms with Gasteiger partial charge in [0.2, 0.25) is 5.91 Å². The van der Waals surface area contributed by atoms with Gasteiger partial charge in [-0.25, -0.2) is 0 Å². The fourth-order valence-corrected chi connectivity index (χ4v) is 2.07. The summed E-state index contributed by atoms with van der Waals surface area (Å²) in [6.07, 6.45) is 0.863. The highest BCUT2D eigenvalue weighted by Gasteiger charge is 2.11. The third kappa shape index (κ3) is 5.43. The Morgan fingerprint density at radius 2 is 1.90 bits per heavy atom. The average molecular weight is 276 g/mol. The Balaban J connectivity index is 2.30. The van der Waals surface area contributed by atoms with E-state index in [0.717, 1.165) is 19.5 Å². The van der Waals surface area contributed by atoms with E-state index >= 15 is 0 Å². The number of nitrogens with one attached hydrogen (secondary N) is 1. The molecule has 2 amide bonds. The minimum Gasteiger partial charge on any atom is -0.352 e. The zero-order chi connectivity index (χ0) is 15.0. The molecule has 0 fully saturated rings. The molecule has 0 heterocycles. The number of amides is 2. The quantitative estimate of drug-likeness (QED) is 0.831. The van der Waals surface area contributed by atoms with E-state index in [-0.39, 0.29) is 11.8 Å². The minimum absolute atomic E-state index is 0.0447. The smallest absolute Gasteiger partial charge is 0.251 e. The van der Waals surface area contributed by atoms with Crippen molar-refractivity contribution in [2.24, 2.45) is 5.92 Å². The molecule has 0 aliphatic heterocycles. The standard InChI is InChI=1S/C16H24N2O2/c1-4-18(14(3)19)12-13(2)10-11-17-16(20)15-8-6-5-7-9-15/h5-9,13H,4,10-12H2,1-3H3,(H,17,20). The second-order valence-corrected chi connectivity index (χ2v) is 5.07. The predicted octanol–water partition coefficient (Wildman–Crippen LogP) is 2.31. The van der Waals surface area contributed by atoms with E-state index in [1.807, 2.05) is 30.0 Å². The van der Waals surface area contributed by atoms with E-state index in [1.54, 1.807) is 19.1 Å². The molecule has 20 heavy (non-hydrogen) atoms. The first kappa shape index (κ1) is 16.2. The molecule has 1 atom stereocenters. The maximum atomic E-state index is 11.8. The van der Waals surface area contributed by atoms with Crippen molar-refractivity contribution in [2.45, 2.75) is 27.2 Å². The van der Waals surface area contributed by atoms with Crippen LogP contribution in [-0.4, -0.2) is 36.3 Å². The number of carbonyl (C=O) groups excluding carboxylic acids is 2. The lowest BCUT2D eigenvalue weighted by Gasteiger charge is -2.23. The van der Waals surface area contributed by atoms with Crippen LogP contribution in [0.4, 0.5) is 0 Å². The van der Waals surface area contributed by atoms with Crippen LogP contribution in [0, 0.1) is 5.92 Å². The third-order valence-corrected chi connectivity index (χ3v) is 3.32. The molecule has 0 bridgehead atoms. The van der Waals surface area contributed by atoms with Crippen molar-refractivity contribution in [1.29, 1.82) is 0 Å².